The van der Waals surface area contributed by atoms with Gasteiger partial charge in [0.05, 0.1) is 22.3 Å². The lowest BCUT2D eigenvalue weighted by Gasteiger charge is -2.20. The Hall–Kier alpha value is -4.50. The lowest BCUT2D eigenvalue weighted by Crippen LogP contribution is -2.43. The number of carbonyl (C=O) groups excluding carboxylic acids is 4. The molecule has 6 heteroatoms. The Bertz CT molecular complexity index is 1410. The molecule has 0 aromatic heterocycles. The number of imide groups is 2. The highest BCUT2D eigenvalue weighted by molar-refractivity contribution is 6.24. The van der Waals surface area contributed by atoms with E-state index in [9.17, 15) is 19.2 Å². The molecule has 0 saturated carbocycles. The van der Waals surface area contributed by atoms with Crippen LogP contribution < -0.4 is 0 Å². The van der Waals surface area contributed by atoms with Crippen molar-refractivity contribution in [2.45, 2.75) is 13.3 Å². The predicted octanol–water partition coefficient (Wildman–Crippen LogP) is 3.50. The molecular formula is C27H18N2O4. The molecule has 5 rings (SSSR count). The van der Waals surface area contributed by atoms with Crippen LogP contribution in [0.4, 0.5) is 0 Å². The lowest BCUT2D eigenvalue weighted by molar-refractivity contribution is 0.0471. The van der Waals surface area contributed by atoms with Crippen molar-refractivity contribution in [3.63, 3.8) is 0 Å². The minimum atomic E-state index is -0.552. The summed E-state index contributed by atoms with van der Waals surface area (Å²) in [6, 6.07) is 19.3. The Morgan fingerprint density at radius 3 is 1.79 bits per heavy atom. The zero-order valence-electron chi connectivity index (χ0n) is 17.8. The second kappa shape index (κ2) is 7.88. The van der Waals surface area contributed by atoms with Crippen LogP contribution in [0.3, 0.4) is 0 Å². The second-order valence-electron chi connectivity index (χ2n) is 7.83. The van der Waals surface area contributed by atoms with Gasteiger partial charge in [-0.1, -0.05) is 43.0 Å². The molecule has 0 aliphatic carbocycles. The molecule has 4 amide bonds. The molecular weight excluding hydrogens is 416 g/mol. The summed E-state index contributed by atoms with van der Waals surface area (Å²) in [4.78, 5) is 53.4. The number of aryl methyl sites for hydroxylation is 1. The molecule has 0 spiro atoms. The first-order chi connectivity index (χ1) is 16.0. The molecule has 0 unspecified atom stereocenters. The standard InChI is InChI=1S/C27H18N2O4/c1-2-17-10-12-20-22(14-17)26(32)28(24(20)30)16-29-25(31)21-13-11-19(15-23(21)27(29)33)9-8-18-6-4-3-5-7-18/h3-7,10-15H,2,16H2,1H3. The van der Waals surface area contributed by atoms with Crippen LogP contribution in [-0.4, -0.2) is 40.1 Å². The summed E-state index contributed by atoms with van der Waals surface area (Å²) in [5, 5.41) is 0. The fourth-order valence-corrected chi connectivity index (χ4v) is 3.99. The van der Waals surface area contributed by atoms with Crippen molar-refractivity contribution in [2.24, 2.45) is 0 Å². The van der Waals surface area contributed by atoms with E-state index in [0.717, 1.165) is 27.3 Å². The Morgan fingerprint density at radius 2 is 1.15 bits per heavy atom. The molecule has 6 nitrogen and oxygen atoms in total. The van der Waals surface area contributed by atoms with Crippen molar-refractivity contribution >= 4 is 23.6 Å². The fourth-order valence-electron chi connectivity index (χ4n) is 3.99. The first-order valence-corrected chi connectivity index (χ1v) is 10.5. The zero-order chi connectivity index (χ0) is 23.1. The molecule has 3 aromatic rings. The van der Waals surface area contributed by atoms with E-state index in [-0.39, 0.29) is 16.7 Å². The minimum absolute atomic E-state index is 0.213. The van der Waals surface area contributed by atoms with Crippen molar-refractivity contribution in [3.05, 3.63) is 106 Å². The molecule has 33 heavy (non-hydrogen) atoms. The Morgan fingerprint density at radius 1 is 0.606 bits per heavy atom. The van der Waals surface area contributed by atoms with Crippen LogP contribution >= 0.6 is 0 Å². The quantitative estimate of drug-likeness (QED) is 0.467. The van der Waals surface area contributed by atoms with Crippen LogP contribution in [0.25, 0.3) is 0 Å². The molecule has 0 N–H and O–H groups in total. The van der Waals surface area contributed by atoms with Crippen molar-refractivity contribution in [1.29, 1.82) is 0 Å². The average Bonchev–Trinajstić information content (AvgIpc) is 3.23. The summed E-state index contributed by atoms with van der Waals surface area (Å²) < 4.78 is 0. The van der Waals surface area contributed by atoms with Crippen LogP contribution in [0.5, 0.6) is 0 Å². The van der Waals surface area contributed by atoms with Crippen LogP contribution in [0, 0.1) is 11.8 Å². The predicted molar refractivity (Wildman–Crippen MR) is 121 cm³/mol. The van der Waals surface area contributed by atoms with Gasteiger partial charge < -0.3 is 0 Å². The van der Waals surface area contributed by atoms with E-state index in [1.54, 1.807) is 36.4 Å². The summed E-state index contributed by atoms with van der Waals surface area (Å²) in [6.45, 7) is 1.53. The summed E-state index contributed by atoms with van der Waals surface area (Å²) >= 11 is 0. The molecule has 2 heterocycles. The second-order valence-corrected chi connectivity index (χ2v) is 7.83. The van der Waals surface area contributed by atoms with Crippen molar-refractivity contribution < 1.29 is 19.2 Å². The molecule has 0 fully saturated rings. The highest BCUT2D eigenvalue weighted by Crippen LogP contribution is 2.28. The summed E-state index contributed by atoms with van der Waals surface area (Å²) in [5.74, 6) is 3.92. The summed E-state index contributed by atoms with van der Waals surface area (Å²) in [5.41, 5.74) is 3.38. The van der Waals surface area contributed by atoms with Crippen LogP contribution in [0.1, 0.15) is 65.0 Å². The van der Waals surface area contributed by atoms with Gasteiger partial charge in [-0.25, -0.2) is 0 Å². The molecule has 0 atom stereocenters. The van der Waals surface area contributed by atoms with E-state index >= 15 is 0 Å². The van der Waals surface area contributed by atoms with Gasteiger partial charge in [0.1, 0.15) is 6.67 Å². The van der Waals surface area contributed by atoms with Gasteiger partial charge in [-0.2, -0.15) is 0 Å². The first-order valence-electron chi connectivity index (χ1n) is 10.5. The normalized spacial score (nSPS) is 14.3. The van der Waals surface area contributed by atoms with Crippen LogP contribution in [0.15, 0.2) is 66.7 Å². The first kappa shape index (κ1) is 20.4. The van der Waals surface area contributed by atoms with Gasteiger partial charge in [0, 0.05) is 11.1 Å². The van der Waals surface area contributed by atoms with Crippen LogP contribution in [-0.2, 0) is 6.42 Å². The highest BCUT2D eigenvalue weighted by Gasteiger charge is 2.42. The SMILES string of the molecule is CCc1ccc2c(c1)C(=O)N(CN1C(=O)c3ccc(C#Cc4ccccc4)cc3C1=O)C2=O. The molecule has 160 valence electrons. The highest BCUT2D eigenvalue weighted by atomic mass is 16.2. The van der Waals surface area contributed by atoms with Gasteiger partial charge in [-0.15, -0.1) is 0 Å². The van der Waals surface area contributed by atoms with Gasteiger partial charge in [0.15, 0.2) is 0 Å². The number of amides is 4. The maximum Gasteiger partial charge on any atom is 0.263 e. The van der Waals surface area contributed by atoms with Crippen molar-refractivity contribution in [2.75, 3.05) is 6.67 Å². The van der Waals surface area contributed by atoms with Crippen LogP contribution in [0.2, 0.25) is 0 Å². The maximum absolute atomic E-state index is 13.0. The van der Waals surface area contributed by atoms with Gasteiger partial charge in [0.25, 0.3) is 23.6 Å². The number of carbonyl (C=O) groups is 4. The Kier molecular flexibility index (Phi) is 4.87. The van der Waals surface area contributed by atoms with E-state index in [0.29, 0.717) is 11.1 Å². The third-order valence-electron chi connectivity index (χ3n) is 5.82. The summed E-state index contributed by atoms with van der Waals surface area (Å²) in [7, 11) is 0. The topological polar surface area (TPSA) is 74.8 Å². The molecule has 2 aliphatic rings. The van der Waals surface area contributed by atoms with E-state index in [4.69, 9.17) is 0 Å². The number of hydrogen-bond acceptors (Lipinski definition) is 4. The molecule has 0 saturated heterocycles. The maximum atomic E-state index is 13.0. The van der Waals surface area contributed by atoms with Gasteiger partial charge in [0.2, 0.25) is 0 Å². The van der Waals surface area contributed by atoms with E-state index in [1.165, 1.54) is 0 Å². The third-order valence-corrected chi connectivity index (χ3v) is 5.82. The van der Waals surface area contributed by atoms with Crippen molar-refractivity contribution in [1.82, 2.24) is 9.80 Å². The number of rotatable bonds is 3. The fraction of sp³-hybridized carbons (Fsp3) is 0.111. The number of hydrogen-bond donors (Lipinski definition) is 0. The van der Waals surface area contributed by atoms with Gasteiger partial charge in [-0.05, 0) is 54.4 Å². The Balaban J connectivity index is 1.40. The molecule has 0 bridgehead atoms. The number of fused-ring (bicyclic) bond motifs is 2. The van der Waals surface area contributed by atoms with Gasteiger partial charge >= 0.3 is 0 Å². The average molecular weight is 434 g/mol. The zero-order valence-corrected chi connectivity index (χ0v) is 17.8. The van der Waals surface area contributed by atoms with Crippen molar-refractivity contribution in [3.8, 4) is 11.8 Å². The third kappa shape index (κ3) is 3.40. The summed E-state index contributed by atoms with van der Waals surface area (Å²) in [6.07, 6.45) is 0.725. The van der Waals surface area contributed by atoms with E-state index < -0.39 is 30.3 Å². The Labute approximate surface area is 190 Å². The number of nitrogens with zero attached hydrogens (tertiary/aromatic N) is 2. The monoisotopic (exact) mass is 434 g/mol. The smallest absolute Gasteiger partial charge is 0.263 e. The van der Waals surface area contributed by atoms with E-state index in [1.807, 2.05) is 37.3 Å². The lowest BCUT2D eigenvalue weighted by atomic mass is 10.0. The van der Waals surface area contributed by atoms with E-state index in [2.05, 4.69) is 11.8 Å². The molecule has 3 aromatic carbocycles. The number of benzene rings is 3. The molecule has 2 aliphatic heterocycles. The molecule has 0 radical (unpaired) electrons. The largest absolute Gasteiger partial charge is 0.269 e. The minimum Gasteiger partial charge on any atom is -0.269 e. The van der Waals surface area contributed by atoms with Gasteiger partial charge in [-0.3, -0.25) is 29.0 Å².